The number of alkyl halides is 1. The van der Waals surface area contributed by atoms with E-state index >= 15 is 0 Å². The molecule has 1 amide bonds. The summed E-state index contributed by atoms with van der Waals surface area (Å²) in [4.78, 5) is 11.8. The molecule has 0 radical (unpaired) electrons. The summed E-state index contributed by atoms with van der Waals surface area (Å²) >= 11 is 5.47. The fourth-order valence-corrected chi connectivity index (χ4v) is 1.51. The summed E-state index contributed by atoms with van der Waals surface area (Å²) in [6.07, 6.45) is 0.770. The van der Waals surface area contributed by atoms with Crippen LogP contribution in [0, 0.1) is 0 Å². The maximum absolute atomic E-state index is 11.8. The van der Waals surface area contributed by atoms with Gasteiger partial charge in [0, 0.05) is 24.6 Å². The van der Waals surface area contributed by atoms with Gasteiger partial charge in [-0.3, -0.25) is 4.79 Å². The second-order valence-corrected chi connectivity index (χ2v) is 4.02. The molecule has 0 aliphatic carbocycles. The van der Waals surface area contributed by atoms with Crippen molar-refractivity contribution in [3.63, 3.8) is 0 Å². The Bertz CT molecular complexity index is 371. The Morgan fingerprint density at radius 3 is 2.94 bits per heavy atom. The van der Waals surface area contributed by atoms with Crippen LogP contribution in [-0.2, 0) is 4.74 Å². The highest BCUT2D eigenvalue weighted by Gasteiger charge is 2.05. The van der Waals surface area contributed by atoms with E-state index in [0.29, 0.717) is 37.0 Å². The van der Waals surface area contributed by atoms with Crippen molar-refractivity contribution in [2.45, 2.75) is 6.42 Å². The fraction of sp³-hybridized carbons (Fsp3) is 0.462. The third-order valence-electron chi connectivity index (χ3n) is 2.30. The van der Waals surface area contributed by atoms with Crippen LogP contribution >= 0.6 is 11.6 Å². The lowest BCUT2D eigenvalue weighted by Gasteiger charge is -2.06. The van der Waals surface area contributed by atoms with Gasteiger partial charge in [0.15, 0.2) is 0 Å². The number of ether oxygens (including phenoxy) is 2. The average molecular weight is 272 g/mol. The molecular formula is C13H18ClNO3. The van der Waals surface area contributed by atoms with Crippen LogP contribution in [0.1, 0.15) is 16.8 Å². The molecule has 18 heavy (non-hydrogen) atoms. The molecule has 100 valence electrons. The van der Waals surface area contributed by atoms with Crippen molar-refractivity contribution in [2.24, 2.45) is 0 Å². The third-order valence-corrected chi connectivity index (χ3v) is 2.46. The third kappa shape index (κ3) is 5.38. The van der Waals surface area contributed by atoms with Gasteiger partial charge in [0.05, 0.1) is 13.7 Å². The maximum atomic E-state index is 11.8. The summed E-state index contributed by atoms with van der Waals surface area (Å²) in [7, 11) is 1.57. The van der Waals surface area contributed by atoms with E-state index < -0.39 is 0 Å². The predicted octanol–water partition coefficient (Wildman–Crippen LogP) is 2.07. The topological polar surface area (TPSA) is 47.6 Å². The lowest BCUT2D eigenvalue weighted by Crippen LogP contribution is -2.25. The normalized spacial score (nSPS) is 10.1. The lowest BCUT2D eigenvalue weighted by atomic mass is 10.2. The number of nitrogens with one attached hydrogen (secondary N) is 1. The highest BCUT2D eigenvalue weighted by molar-refractivity contribution is 6.17. The maximum Gasteiger partial charge on any atom is 0.251 e. The number of hydrogen-bond acceptors (Lipinski definition) is 3. The van der Waals surface area contributed by atoms with Crippen LogP contribution in [0.5, 0.6) is 5.75 Å². The largest absolute Gasteiger partial charge is 0.497 e. The minimum atomic E-state index is -0.105. The average Bonchev–Trinajstić information content (AvgIpc) is 2.42. The summed E-state index contributed by atoms with van der Waals surface area (Å²) in [6, 6.07) is 7.05. The van der Waals surface area contributed by atoms with Crippen LogP contribution < -0.4 is 10.1 Å². The van der Waals surface area contributed by atoms with Gasteiger partial charge >= 0.3 is 0 Å². The molecule has 0 atom stereocenters. The summed E-state index contributed by atoms with van der Waals surface area (Å²) in [5.41, 5.74) is 0.594. The molecule has 1 rings (SSSR count). The zero-order valence-electron chi connectivity index (χ0n) is 10.4. The first-order valence-electron chi connectivity index (χ1n) is 5.84. The zero-order valence-corrected chi connectivity index (χ0v) is 11.2. The Kier molecular flexibility index (Phi) is 7.22. The Hall–Kier alpha value is -1.26. The first-order chi connectivity index (χ1) is 8.77. The van der Waals surface area contributed by atoms with Crippen molar-refractivity contribution in [3.8, 4) is 5.75 Å². The Balaban J connectivity index is 2.27. The van der Waals surface area contributed by atoms with Gasteiger partial charge in [0.2, 0.25) is 0 Å². The van der Waals surface area contributed by atoms with E-state index in [1.54, 1.807) is 31.4 Å². The van der Waals surface area contributed by atoms with Gasteiger partial charge in [0.25, 0.3) is 5.91 Å². The number of halogens is 1. The molecule has 0 saturated heterocycles. The van der Waals surface area contributed by atoms with Gasteiger partial charge in [-0.2, -0.15) is 0 Å². The molecule has 1 aromatic rings. The highest BCUT2D eigenvalue weighted by Crippen LogP contribution is 2.12. The number of carbonyl (C=O) groups excluding carboxylic acids is 1. The molecule has 0 aliphatic heterocycles. The summed E-state index contributed by atoms with van der Waals surface area (Å²) < 4.78 is 10.3. The predicted molar refractivity (Wildman–Crippen MR) is 71.5 cm³/mol. The summed E-state index contributed by atoms with van der Waals surface area (Å²) in [5, 5.41) is 2.82. The summed E-state index contributed by atoms with van der Waals surface area (Å²) in [5.74, 6) is 1.07. The molecule has 0 fully saturated rings. The van der Waals surface area contributed by atoms with Gasteiger partial charge in [0.1, 0.15) is 5.75 Å². The van der Waals surface area contributed by atoms with Gasteiger partial charge < -0.3 is 14.8 Å². The first kappa shape index (κ1) is 14.8. The molecule has 0 unspecified atom stereocenters. The number of benzene rings is 1. The Morgan fingerprint density at radius 1 is 1.39 bits per heavy atom. The van der Waals surface area contributed by atoms with Crippen LogP contribution in [0.2, 0.25) is 0 Å². The van der Waals surface area contributed by atoms with Crippen molar-refractivity contribution in [3.05, 3.63) is 29.8 Å². The van der Waals surface area contributed by atoms with Crippen molar-refractivity contribution in [1.82, 2.24) is 5.32 Å². The second-order valence-electron chi connectivity index (χ2n) is 3.64. The monoisotopic (exact) mass is 271 g/mol. The van der Waals surface area contributed by atoms with E-state index in [2.05, 4.69) is 5.32 Å². The van der Waals surface area contributed by atoms with E-state index in [1.807, 2.05) is 0 Å². The molecule has 5 heteroatoms. The Labute approximate surface area is 112 Å². The molecule has 4 nitrogen and oxygen atoms in total. The molecular weight excluding hydrogens is 254 g/mol. The van der Waals surface area contributed by atoms with Crippen molar-refractivity contribution >= 4 is 17.5 Å². The van der Waals surface area contributed by atoms with Crippen LogP contribution in [0.4, 0.5) is 0 Å². The molecule has 0 spiro atoms. The fourth-order valence-electron chi connectivity index (χ4n) is 1.40. The van der Waals surface area contributed by atoms with Crippen LogP contribution in [0.3, 0.4) is 0 Å². The molecule has 1 N–H and O–H groups in total. The second kappa shape index (κ2) is 8.78. The molecule has 0 saturated carbocycles. The van der Waals surface area contributed by atoms with E-state index in [9.17, 15) is 4.79 Å². The molecule has 0 heterocycles. The quantitative estimate of drug-likeness (QED) is 0.582. The van der Waals surface area contributed by atoms with Crippen LogP contribution in [0.25, 0.3) is 0 Å². The molecule has 0 bridgehead atoms. The zero-order chi connectivity index (χ0) is 13.2. The van der Waals surface area contributed by atoms with E-state index in [1.165, 1.54) is 0 Å². The minimum Gasteiger partial charge on any atom is -0.497 e. The lowest BCUT2D eigenvalue weighted by molar-refractivity contribution is 0.0944. The van der Waals surface area contributed by atoms with Crippen molar-refractivity contribution in [2.75, 3.05) is 32.7 Å². The molecule has 1 aromatic carbocycles. The number of carbonyl (C=O) groups is 1. The van der Waals surface area contributed by atoms with Crippen LogP contribution in [0.15, 0.2) is 24.3 Å². The molecule has 0 aliphatic rings. The summed E-state index contributed by atoms with van der Waals surface area (Å²) in [6.45, 7) is 1.73. The first-order valence-corrected chi connectivity index (χ1v) is 6.37. The van der Waals surface area contributed by atoms with Gasteiger partial charge in [-0.25, -0.2) is 0 Å². The smallest absolute Gasteiger partial charge is 0.251 e. The Morgan fingerprint density at radius 2 is 2.22 bits per heavy atom. The highest BCUT2D eigenvalue weighted by atomic mass is 35.5. The van der Waals surface area contributed by atoms with Crippen LogP contribution in [-0.4, -0.2) is 38.7 Å². The van der Waals surface area contributed by atoms with Gasteiger partial charge in [-0.05, 0) is 24.6 Å². The number of methoxy groups -OCH3 is 1. The SMILES string of the molecule is COc1cccc(C(=O)NCCCOCCCl)c1. The standard InChI is InChI=1S/C13H18ClNO3/c1-17-12-5-2-4-11(10-12)13(16)15-7-3-8-18-9-6-14/h2,4-5,10H,3,6-9H2,1H3,(H,15,16). The minimum absolute atomic E-state index is 0.105. The number of amides is 1. The van der Waals surface area contributed by atoms with E-state index in [0.717, 1.165) is 6.42 Å². The molecule has 0 aromatic heterocycles. The van der Waals surface area contributed by atoms with Crippen molar-refractivity contribution in [1.29, 1.82) is 0 Å². The van der Waals surface area contributed by atoms with E-state index in [4.69, 9.17) is 21.1 Å². The number of rotatable bonds is 8. The number of hydrogen-bond donors (Lipinski definition) is 1. The van der Waals surface area contributed by atoms with E-state index in [-0.39, 0.29) is 5.91 Å². The van der Waals surface area contributed by atoms with Crippen molar-refractivity contribution < 1.29 is 14.3 Å². The van der Waals surface area contributed by atoms with Gasteiger partial charge in [-0.1, -0.05) is 6.07 Å². The van der Waals surface area contributed by atoms with Gasteiger partial charge in [-0.15, -0.1) is 11.6 Å².